The lowest BCUT2D eigenvalue weighted by molar-refractivity contribution is 0.492. The Morgan fingerprint density at radius 2 is 1.06 bits per heavy atom. The highest BCUT2D eigenvalue weighted by Gasteiger charge is 1.99. The van der Waals surface area contributed by atoms with Crippen LogP contribution in [0.3, 0.4) is 0 Å². The highest BCUT2D eigenvalue weighted by Crippen LogP contribution is 1.77. The summed E-state index contributed by atoms with van der Waals surface area (Å²) in [6.07, 6.45) is 0. The smallest absolute Gasteiger partial charge is 0.0164 e. The lowest BCUT2D eigenvalue weighted by atomic mass is 10.3. The zero-order valence-electron chi connectivity index (χ0n) is 10.4. The molecular formula is C11H27N5. The first-order chi connectivity index (χ1) is 7.89. The van der Waals surface area contributed by atoms with E-state index in [1.165, 1.54) is 0 Å². The van der Waals surface area contributed by atoms with Gasteiger partial charge in [-0.2, -0.15) is 0 Å². The minimum Gasteiger partial charge on any atom is -0.314 e. The van der Waals surface area contributed by atoms with Crippen LogP contribution in [0.15, 0.2) is 0 Å². The zero-order valence-corrected chi connectivity index (χ0v) is 10.4. The van der Waals surface area contributed by atoms with E-state index in [1.807, 2.05) is 0 Å². The first kappa shape index (κ1) is 13.9. The highest BCUT2D eigenvalue weighted by atomic mass is 15.0. The van der Waals surface area contributed by atoms with Crippen molar-refractivity contribution in [2.45, 2.75) is 13.0 Å². The molecule has 0 saturated carbocycles. The normalized spacial score (nSPS) is 27.9. The van der Waals surface area contributed by atoms with E-state index in [9.17, 15) is 0 Å². The van der Waals surface area contributed by atoms with E-state index in [1.54, 1.807) is 0 Å². The lowest BCUT2D eigenvalue weighted by Crippen LogP contribution is -2.41. The molecule has 5 nitrogen and oxygen atoms in total. The van der Waals surface area contributed by atoms with Gasteiger partial charge in [-0.05, 0) is 6.92 Å². The van der Waals surface area contributed by atoms with Gasteiger partial charge in [0.15, 0.2) is 0 Å². The van der Waals surface area contributed by atoms with E-state index >= 15 is 0 Å². The molecule has 96 valence electrons. The van der Waals surface area contributed by atoms with E-state index in [-0.39, 0.29) is 0 Å². The van der Waals surface area contributed by atoms with Gasteiger partial charge in [0.25, 0.3) is 0 Å². The quantitative estimate of drug-likeness (QED) is 0.344. The standard InChI is InChI=1S/C11H27N5/c1-11-10-15-7-6-13-3-2-12-4-5-14-8-9-16-11/h11-16H,2-10H2,1H3/t11-/m0/s1. The Bertz CT molecular complexity index is 137. The molecule has 1 aliphatic heterocycles. The minimum absolute atomic E-state index is 0.546. The molecule has 0 amide bonds. The molecule has 0 aromatic heterocycles. The Hall–Kier alpha value is -0.200. The van der Waals surface area contributed by atoms with Crippen molar-refractivity contribution in [3.05, 3.63) is 0 Å². The molecule has 0 unspecified atom stereocenters. The number of rotatable bonds is 0. The van der Waals surface area contributed by atoms with Gasteiger partial charge in [0.05, 0.1) is 0 Å². The van der Waals surface area contributed by atoms with Crippen LogP contribution >= 0.6 is 0 Å². The monoisotopic (exact) mass is 229 g/mol. The summed E-state index contributed by atoms with van der Waals surface area (Å²) in [6, 6.07) is 0.546. The third-order valence-corrected chi connectivity index (χ3v) is 2.68. The summed E-state index contributed by atoms with van der Waals surface area (Å²) >= 11 is 0. The molecule has 1 atom stereocenters. The van der Waals surface area contributed by atoms with Gasteiger partial charge in [-0.3, -0.25) is 0 Å². The number of nitrogens with one attached hydrogen (secondary N) is 5. The van der Waals surface area contributed by atoms with Crippen LogP contribution < -0.4 is 26.6 Å². The van der Waals surface area contributed by atoms with Crippen LogP contribution in [-0.2, 0) is 0 Å². The van der Waals surface area contributed by atoms with Crippen molar-refractivity contribution in [2.75, 3.05) is 58.9 Å². The number of hydrogen-bond acceptors (Lipinski definition) is 5. The second-order valence-electron chi connectivity index (χ2n) is 4.31. The fourth-order valence-electron chi connectivity index (χ4n) is 1.70. The predicted molar refractivity (Wildman–Crippen MR) is 68.9 cm³/mol. The molecule has 5 N–H and O–H groups in total. The van der Waals surface area contributed by atoms with Crippen molar-refractivity contribution in [3.63, 3.8) is 0 Å². The van der Waals surface area contributed by atoms with Crippen molar-refractivity contribution in [3.8, 4) is 0 Å². The van der Waals surface area contributed by atoms with Crippen molar-refractivity contribution in [1.82, 2.24) is 26.6 Å². The van der Waals surface area contributed by atoms with Gasteiger partial charge in [-0.25, -0.2) is 0 Å². The Labute approximate surface area is 99.1 Å². The second kappa shape index (κ2) is 9.99. The maximum absolute atomic E-state index is 3.49. The molecule has 0 aromatic carbocycles. The van der Waals surface area contributed by atoms with E-state index in [0.29, 0.717) is 6.04 Å². The Morgan fingerprint density at radius 3 is 1.62 bits per heavy atom. The molecule has 1 rings (SSSR count). The van der Waals surface area contributed by atoms with Crippen LogP contribution in [0.4, 0.5) is 0 Å². The summed E-state index contributed by atoms with van der Waals surface area (Å²) in [5.41, 5.74) is 0. The molecular weight excluding hydrogens is 202 g/mol. The summed E-state index contributed by atoms with van der Waals surface area (Å²) < 4.78 is 0. The molecule has 16 heavy (non-hydrogen) atoms. The molecule has 1 saturated heterocycles. The number of hydrogen-bond donors (Lipinski definition) is 5. The van der Waals surface area contributed by atoms with Gasteiger partial charge in [-0.1, -0.05) is 0 Å². The fraction of sp³-hybridized carbons (Fsp3) is 1.00. The van der Waals surface area contributed by atoms with E-state index < -0.39 is 0 Å². The molecule has 0 aliphatic carbocycles. The van der Waals surface area contributed by atoms with Crippen molar-refractivity contribution in [1.29, 1.82) is 0 Å². The van der Waals surface area contributed by atoms with Gasteiger partial charge in [0.1, 0.15) is 0 Å². The molecule has 5 heteroatoms. The maximum atomic E-state index is 3.49. The topological polar surface area (TPSA) is 60.1 Å². The first-order valence-corrected chi connectivity index (χ1v) is 6.46. The van der Waals surface area contributed by atoms with Crippen LogP contribution in [0, 0.1) is 0 Å². The first-order valence-electron chi connectivity index (χ1n) is 6.46. The summed E-state index contributed by atoms with van der Waals surface area (Å²) in [6.45, 7) is 11.7. The van der Waals surface area contributed by atoms with Gasteiger partial charge >= 0.3 is 0 Å². The highest BCUT2D eigenvalue weighted by molar-refractivity contribution is 4.66. The molecule has 0 radical (unpaired) electrons. The van der Waals surface area contributed by atoms with Gasteiger partial charge in [0.2, 0.25) is 0 Å². The molecule has 1 heterocycles. The lowest BCUT2D eigenvalue weighted by Gasteiger charge is -2.14. The van der Waals surface area contributed by atoms with E-state index in [4.69, 9.17) is 0 Å². The van der Waals surface area contributed by atoms with E-state index in [2.05, 4.69) is 33.5 Å². The Kier molecular flexibility index (Phi) is 8.65. The SMILES string of the molecule is C[C@H]1CNCCNCCNCCNCCN1. The largest absolute Gasteiger partial charge is 0.314 e. The van der Waals surface area contributed by atoms with Crippen LogP contribution in [0.1, 0.15) is 6.92 Å². The van der Waals surface area contributed by atoms with Crippen LogP contribution in [0.25, 0.3) is 0 Å². The van der Waals surface area contributed by atoms with Crippen LogP contribution in [0.5, 0.6) is 0 Å². The molecule has 1 fully saturated rings. The zero-order chi connectivity index (χ0) is 11.5. The van der Waals surface area contributed by atoms with Crippen LogP contribution in [0.2, 0.25) is 0 Å². The average molecular weight is 229 g/mol. The second-order valence-corrected chi connectivity index (χ2v) is 4.31. The third kappa shape index (κ3) is 8.01. The van der Waals surface area contributed by atoms with Gasteiger partial charge < -0.3 is 26.6 Å². The van der Waals surface area contributed by atoms with Crippen molar-refractivity contribution in [2.24, 2.45) is 0 Å². The average Bonchev–Trinajstić information content (AvgIpc) is 2.29. The Morgan fingerprint density at radius 1 is 0.625 bits per heavy atom. The fourth-order valence-corrected chi connectivity index (χ4v) is 1.70. The van der Waals surface area contributed by atoms with E-state index in [0.717, 1.165) is 58.9 Å². The molecule has 0 spiro atoms. The summed E-state index contributed by atoms with van der Waals surface area (Å²) in [7, 11) is 0. The third-order valence-electron chi connectivity index (χ3n) is 2.68. The molecule has 0 bridgehead atoms. The predicted octanol–water partition coefficient (Wildman–Crippen LogP) is -1.66. The van der Waals surface area contributed by atoms with Crippen molar-refractivity contribution < 1.29 is 0 Å². The van der Waals surface area contributed by atoms with Crippen molar-refractivity contribution >= 4 is 0 Å². The summed E-state index contributed by atoms with van der Waals surface area (Å²) in [5.74, 6) is 0. The summed E-state index contributed by atoms with van der Waals surface area (Å²) in [5, 5.41) is 17.1. The van der Waals surface area contributed by atoms with Gasteiger partial charge in [-0.15, -0.1) is 0 Å². The van der Waals surface area contributed by atoms with Crippen LogP contribution in [-0.4, -0.2) is 64.9 Å². The summed E-state index contributed by atoms with van der Waals surface area (Å²) in [4.78, 5) is 0. The minimum atomic E-state index is 0.546. The molecule has 0 aromatic rings. The van der Waals surface area contributed by atoms with Gasteiger partial charge in [0, 0.05) is 64.9 Å². The molecule has 1 aliphatic rings. The Balaban J connectivity index is 2.10. The maximum Gasteiger partial charge on any atom is 0.0164 e.